The predicted molar refractivity (Wildman–Crippen MR) is 167 cm³/mol. The number of para-hydroxylation sites is 1. The van der Waals surface area contributed by atoms with E-state index in [0.717, 1.165) is 54.7 Å². The molecule has 2 aromatic carbocycles. The first kappa shape index (κ1) is 29.1. The minimum Gasteiger partial charge on any atom is -0.381 e. The maximum Gasteiger partial charge on any atom is 0.264 e. The van der Waals surface area contributed by atoms with Crippen LogP contribution in [0, 0.1) is 17.8 Å². The number of benzene rings is 2. The molecule has 1 fully saturated rings. The van der Waals surface area contributed by atoms with Crippen LogP contribution >= 0.6 is 0 Å². The van der Waals surface area contributed by atoms with E-state index < -0.39 is 5.91 Å². The minimum absolute atomic E-state index is 0.0214. The van der Waals surface area contributed by atoms with Crippen LogP contribution in [-0.4, -0.2) is 49.0 Å². The van der Waals surface area contributed by atoms with Gasteiger partial charge in [-0.15, -0.1) is 5.10 Å². The number of hydrogen-bond donors (Lipinski definition) is 2. The highest BCUT2D eigenvalue weighted by molar-refractivity contribution is 6.03. The molecule has 10 heteroatoms. The Morgan fingerprint density at radius 1 is 1.05 bits per heavy atom. The van der Waals surface area contributed by atoms with Gasteiger partial charge in [-0.25, -0.2) is 9.50 Å². The van der Waals surface area contributed by atoms with Crippen LogP contribution in [0.15, 0.2) is 77.9 Å². The molecule has 4 N–H and O–H groups in total. The number of likely N-dealkylation sites (tertiary alicyclic amines) is 1. The van der Waals surface area contributed by atoms with Crippen molar-refractivity contribution in [2.24, 2.45) is 11.7 Å². The van der Waals surface area contributed by atoms with Gasteiger partial charge < -0.3 is 16.4 Å². The van der Waals surface area contributed by atoms with Gasteiger partial charge in [0, 0.05) is 55.3 Å². The number of aromatic nitrogens is 4. The number of piperidine rings is 1. The fraction of sp³-hybridized carbons (Fsp3) is 0.242. The fourth-order valence-electron chi connectivity index (χ4n) is 5.30. The van der Waals surface area contributed by atoms with Crippen molar-refractivity contribution in [2.75, 3.05) is 18.8 Å². The Morgan fingerprint density at radius 3 is 2.47 bits per heavy atom. The summed E-state index contributed by atoms with van der Waals surface area (Å²) in [5.74, 6) is 6.52. The Morgan fingerprint density at radius 2 is 1.79 bits per heavy atom. The van der Waals surface area contributed by atoms with E-state index in [1.165, 1.54) is 4.52 Å². The molecule has 2 amide bonds. The average Bonchev–Trinajstić information content (AvgIpc) is 3.36. The number of carbonyl (C=O) groups is 2. The van der Waals surface area contributed by atoms with Crippen molar-refractivity contribution < 1.29 is 9.59 Å². The zero-order valence-electron chi connectivity index (χ0n) is 24.2. The molecule has 4 heterocycles. The van der Waals surface area contributed by atoms with Crippen LogP contribution in [0.5, 0.6) is 0 Å². The van der Waals surface area contributed by atoms with Crippen LogP contribution in [0.25, 0.3) is 22.1 Å². The van der Waals surface area contributed by atoms with Gasteiger partial charge in [-0.1, -0.05) is 49.1 Å². The number of carbonyl (C=O) groups excluding carboxylic acids is 2. The van der Waals surface area contributed by atoms with Crippen molar-refractivity contribution in [2.45, 2.75) is 33.1 Å². The Bertz CT molecular complexity index is 1930. The third kappa shape index (κ3) is 6.11. The monoisotopic (exact) mass is 575 g/mol. The van der Waals surface area contributed by atoms with Crippen LogP contribution in [0.3, 0.4) is 0 Å². The summed E-state index contributed by atoms with van der Waals surface area (Å²) >= 11 is 0. The maximum atomic E-state index is 13.5. The van der Waals surface area contributed by atoms with Gasteiger partial charge >= 0.3 is 0 Å². The third-order valence-corrected chi connectivity index (χ3v) is 7.52. The van der Waals surface area contributed by atoms with E-state index in [0.29, 0.717) is 11.0 Å². The predicted octanol–water partition coefficient (Wildman–Crippen LogP) is 3.57. The summed E-state index contributed by atoms with van der Waals surface area (Å²) in [5, 5.41) is 5.47. The van der Waals surface area contributed by atoms with Gasteiger partial charge in [-0.05, 0) is 55.0 Å². The molecule has 6 rings (SSSR count). The van der Waals surface area contributed by atoms with E-state index in [2.05, 4.69) is 34.9 Å². The molecule has 10 nitrogen and oxygen atoms in total. The number of hydrogen-bond acceptors (Lipinski definition) is 6. The average molecular weight is 576 g/mol. The summed E-state index contributed by atoms with van der Waals surface area (Å²) in [6, 6.07) is 19.4. The molecule has 0 saturated carbocycles. The Labute approximate surface area is 248 Å². The number of primary amides is 1. The summed E-state index contributed by atoms with van der Waals surface area (Å²) in [5.41, 5.74) is 13.8. The lowest BCUT2D eigenvalue weighted by Crippen LogP contribution is -2.36. The van der Waals surface area contributed by atoms with Crippen molar-refractivity contribution in [1.82, 2.24) is 24.1 Å². The lowest BCUT2D eigenvalue weighted by atomic mass is 9.96. The van der Waals surface area contributed by atoms with E-state index in [-0.39, 0.29) is 28.8 Å². The molecule has 0 radical (unpaired) electrons. The standard InChI is InChI=1S/C26H26N2O2.C7H7N5O/c1-3-23-18-22-9-7-8-21(13-12-20-14-16-27(17-15-20)19(2)29)25(22)26(30)28(23)24-10-5-4-6-11-24;8-5-4(6(9)13)7-10-2-1-3-12(7)11-5/h4-11,18,20H,3,14-17H2,1-2H3;1-3H,(H2,8,11)(H2,9,13). The van der Waals surface area contributed by atoms with E-state index in [9.17, 15) is 14.4 Å². The van der Waals surface area contributed by atoms with Crippen molar-refractivity contribution in [3.63, 3.8) is 0 Å². The second-order valence-corrected chi connectivity index (χ2v) is 10.3. The quantitative estimate of drug-likeness (QED) is 0.315. The molecule has 3 aromatic heterocycles. The summed E-state index contributed by atoms with van der Waals surface area (Å²) in [4.78, 5) is 41.8. The highest BCUT2D eigenvalue weighted by atomic mass is 16.2. The van der Waals surface area contributed by atoms with E-state index >= 15 is 0 Å². The van der Waals surface area contributed by atoms with Gasteiger partial charge in [0.15, 0.2) is 11.5 Å². The van der Waals surface area contributed by atoms with Gasteiger partial charge in [-0.2, -0.15) is 0 Å². The maximum absolute atomic E-state index is 13.5. The van der Waals surface area contributed by atoms with Gasteiger partial charge in [-0.3, -0.25) is 19.0 Å². The van der Waals surface area contributed by atoms with E-state index in [1.807, 2.05) is 53.4 Å². The van der Waals surface area contributed by atoms with E-state index in [4.69, 9.17) is 11.5 Å². The second-order valence-electron chi connectivity index (χ2n) is 10.3. The highest BCUT2D eigenvalue weighted by Gasteiger charge is 2.19. The SMILES string of the molecule is CCc1cc2cccc(C#CC3CCN(C(C)=O)CC3)c2c(=O)n1-c1ccccc1.NC(=O)c1c(N)nn2cccnc12. The van der Waals surface area contributed by atoms with Gasteiger partial charge in [0.1, 0.15) is 5.56 Å². The summed E-state index contributed by atoms with van der Waals surface area (Å²) in [7, 11) is 0. The molecule has 0 spiro atoms. The minimum atomic E-state index is -0.619. The van der Waals surface area contributed by atoms with Gasteiger partial charge in [0.2, 0.25) is 5.91 Å². The largest absolute Gasteiger partial charge is 0.381 e. The zero-order valence-corrected chi connectivity index (χ0v) is 24.2. The molecule has 1 aliphatic rings. The number of fused-ring (bicyclic) bond motifs is 2. The molecular formula is C33H33N7O3. The second kappa shape index (κ2) is 12.6. The number of rotatable bonds is 3. The molecule has 0 bridgehead atoms. The van der Waals surface area contributed by atoms with Gasteiger partial charge in [0.25, 0.3) is 11.5 Å². The first-order chi connectivity index (χ1) is 20.8. The highest BCUT2D eigenvalue weighted by Crippen LogP contribution is 2.21. The number of nitrogen functional groups attached to an aromatic ring is 1. The van der Waals surface area contributed by atoms with Crippen LogP contribution < -0.4 is 17.0 Å². The Kier molecular flexibility index (Phi) is 8.53. The molecule has 1 aliphatic heterocycles. The summed E-state index contributed by atoms with van der Waals surface area (Å²) < 4.78 is 3.22. The van der Waals surface area contributed by atoms with Crippen LogP contribution in [0.1, 0.15) is 48.3 Å². The molecule has 0 aliphatic carbocycles. The topological polar surface area (TPSA) is 142 Å². The number of pyridine rings is 1. The molecule has 0 unspecified atom stereocenters. The molecular weight excluding hydrogens is 542 g/mol. The Hall–Kier alpha value is -5.43. The lowest BCUT2D eigenvalue weighted by Gasteiger charge is -2.28. The third-order valence-electron chi connectivity index (χ3n) is 7.52. The molecule has 218 valence electrons. The van der Waals surface area contributed by atoms with Crippen molar-refractivity contribution in [3.8, 4) is 17.5 Å². The van der Waals surface area contributed by atoms with Crippen molar-refractivity contribution in [1.29, 1.82) is 0 Å². The summed E-state index contributed by atoms with van der Waals surface area (Å²) in [6.45, 7) is 5.19. The molecule has 1 saturated heterocycles. The number of amides is 2. The molecule has 43 heavy (non-hydrogen) atoms. The molecule has 5 aromatic rings. The number of aryl methyl sites for hydroxylation is 1. The number of anilines is 1. The number of nitrogens with two attached hydrogens (primary N) is 2. The van der Waals surface area contributed by atoms with Crippen molar-refractivity contribution in [3.05, 3.63) is 100 Å². The van der Waals surface area contributed by atoms with Crippen molar-refractivity contribution >= 4 is 34.1 Å². The van der Waals surface area contributed by atoms with Crippen LogP contribution in [0.2, 0.25) is 0 Å². The van der Waals surface area contributed by atoms with Crippen LogP contribution in [0.4, 0.5) is 5.82 Å². The first-order valence-electron chi connectivity index (χ1n) is 14.2. The smallest absolute Gasteiger partial charge is 0.264 e. The van der Waals surface area contributed by atoms with Crippen LogP contribution in [-0.2, 0) is 11.2 Å². The zero-order chi connectivity index (χ0) is 30.5. The first-order valence-corrected chi connectivity index (χ1v) is 14.2. The Balaban J connectivity index is 0.000000235. The summed E-state index contributed by atoms with van der Waals surface area (Å²) in [6.07, 6.45) is 5.72. The number of nitrogens with zero attached hydrogens (tertiary/aromatic N) is 5. The van der Waals surface area contributed by atoms with E-state index in [1.54, 1.807) is 30.0 Å². The van der Waals surface area contributed by atoms with Gasteiger partial charge in [0.05, 0.1) is 5.39 Å². The normalized spacial score (nSPS) is 13.2. The lowest BCUT2D eigenvalue weighted by molar-refractivity contribution is -0.129. The molecule has 0 atom stereocenters. The fourth-order valence-corrected chi connectivity index (χ4v) is 5.30.